The summed E-state index contributed by atoms with van der Waals surface area (Å²) in [6.07, 6.45) is 3.19. The molecule has 1 atom stereocenters. The van der Waals surface area contributed by atoms with Gasteiger partial charge in [0.2, 0.25) is 5.88 Å². The molecule has 1 saturated heterocycles. The Balaban J connectivity index is 1.38. The van der Waals surface area contributed by atoms with Crippen molar-refractivity contribution in [3.05, 3.63) is 65.7 Å². The number of benzene rings is 1. The van der Waals surface area contributed by atoms with Crippen LogP contribution in [0.15, 0.2) is 47.1 Å². The van der Waals surface area contributed by atoms with Gasteiger partial charge in [-0.2, -0.15) is 4.98 Å². The Morgan fingerprint density at radius 3 is 2.93 bits per heavy atom. The Labute approximate surface area is 172 Å². The highest BCUT2D eigenvalue weighted by Crippen LogP contribution is 2.26. The van der Waals surface area contributed by atoms with Crippen molar-refractivity contribution in [1.82, 2.24) is 20.0 Å². The van der Waals surface area contributed by atoms with Gasteiger partial charge in [-0.05, 0) is 31.0 Å². The van der Waals surface area contributed by atoms with E-state index in [4.69, 9.17) is 14.0 Å². The Bertz CT molecular complexity index is 1010. The predicted molar refractivity (Wildman–Crippen MR) is 104 cm³/mol. The van der Waals surface area contributed by atoms with Gasteiger partial charge in [0.1, 0.15) is 0 Å². The van der Waals surface area contributed by atoms with Gasteiger partial charge < -0.3 is 18.9 Å². The number of rotatable bonds is 6. The fraction of sp³-hybridized carbons (Fsp3) is 0.333. The molecule has 1 fully saturated rings. The molecule has 0 bridgehead atoms. The SMILES string of the molecule is COc1ccc(C(=O)N2CCCC(c3noc(COc4ccccc4F)n3)C2)cn1. The summed E-state index contributed by atoms with van der Waals surface area (Å²) in [5, 5.41) is 4.04. The van der Waals surface area contributed by atoms with Crippen molar-refractivity contribution in [3.8, 4) is 11.6 Å². The molecule has 9 heteroatoms. The lowest BCUT2D eigenvalue weighted by atomic mass is 9.97. The zero-order chi connectivity index (χ0) is 20.9. The fourth-order valence-corrected chi connectivity index (χ4v) is 3.38. The van der Waals surface area contributed by atoms with Gasteiger partial charge in [-0.25, -0.2) is 9.37 Å². The van der Waals surface area contributed by atoms with Crippen LogP contribution in [0.4, 0.5) is 4.39 Å². The number of aromatic nitrogens is 3. The molecule has 4 rings (SSSR count). The van der Waals surface area contributed by atoms with Gasteiger partial charge in [0.05, 0.1) is 12.7 Å². The Morgan fingerprint density at radius 2 is 2.17 bits per heavy atom. The van der Waals surface area contributed by atoms with Crippen LogP contribution < -0.4 is 9.47 Å². The number of hydrogen-bond acceptors (Lipinski definition) is 7. The predicted octanol–water partition coefficient (Wildman–Crippen LogP) is 3.21. The molecule has 0 saturated carbocycles. The van der Waals surface area contributed by atoms with Crippen LogP contribution in [-0.2, 0) is 6.61 Å². The number of pyridine rings is 1. The van der Waals surface area contributed by atoms with Gasteiger partial charge in [-0.15, -0.1) is 0 Å². The van der Waals surface area contributed by atoms with Gasteiger partial charge in [-0.1, -0.05) is 17.3 Å². The van der Waals surface area contributed by atoms with E-state index in [1.54, 1.807) is 29.2 Å². The number of para-hydroxylation sites is 1. The Hall–Kier alpha value is -3.49. The first kappa shape index (κ1) is 19.8. The smallest absolute Gasteiger partial charge is 0.264 e. The third-order valence-electron chi connectivity index (χ3n) is 4.94. The standard InChI is InChI=1S/C21H21FN4O4/c1-28-18-9-8-14(11-23-18)21(27)26-10-4-5-15(12-26)20-24-19(30-25-20)13-29-17-7-3-2-6-16(17)22/h2-3,6-9,11,15H,4-5,10,12-13H2,1H3. The van der Waals surface area contributed by atoms with Crippen molar-refractivity contribution in [3.63, 3.8) is 0 Å². The second-order valence-electron chi connectivity index (χ2n) is 6.94. The molecular weight excluding hydrogens is 391 g/mol. The molecule has 1 aliphatic heterocycles. The molecular formula is C21H21FN4O4. The highest BCUT2D eigenvalue weighted by molar-refractivity contribution is 5.94. The topological polar surface area (TPSA) is 90.6 Å². The summed E-state index contributed by atoms with van der Waals surface area (Å²) >= 11 is 0. The number of carbonyl (C=O) groups is 1. The summed E-state index contributed by atoms with van der Waals surface area (Å²) in [5.41, 5.74) is 0.503. The normalized spacial score (nSPS) is 16.3. The number of nitrogens with zero attached hydrogens (tertiary/aromatic N) is 4. The van der Waals surface area contributed by atoms with E-state index in [0.717, 1.165) is 12.8 Å². The van der Waals surface area contributed by atoms with Crippen LogP contribution in [-0.4, -0.2) is 46.1 Å². The van der Waals surface area contributed by atoms with Crippen molar-refractivity contribution in [2.75, 3.05) is 20.2 Å². The van der Waals surface area contributed by atoms with E-state index in [0.29, 0.717) is 30.4 Å². The third-order valence-corrected chi connectivity index (χ3v) is 4.94. The lowest BCUT2D eigenvalue weighted by Crippen LogP contribution is -2.39. The highest BCUT2D eigenvalue weighted by atomic mass is 19.1. The van der Waals surface area contributed by atoms with E-state index in [9.17, 15) is 9.18 Å². The summed E-state index contributed by atoms with van der Waals surface area (Å²) in [5.74, 6) is 0.774. The Kier molecular flexibility index (Phi) is 5.87. The number of methoxy groups -OCH3 is 1. The van der Waals surface area contributed by atoms with Gasteiger partial charge >= 0.3 is 0 Å². The highest BCUT2D eigenvalue weighted by Gasteiger charge is 2.29. The van der Waals surface area contributed by atoms with Crippen LogP contribution >= 0.6 is 0 Å². The van der Waals surface area contributed by atoms with E-state index in [1.807, 2.05) is 0 Å². The molecule has 1 aliphatic rings. The van der Waals surface area contributed by atoms with Crippen LogP contribution in [0.25, 0.3) is 0 Å². The van der Waals surface area contributed by atoms with Crippen LogP contribution in [0.2, 0.25) is 0 Å². The first-order valence-electron chi connectivity index (χ1n) is 9.63. The summed E-state index contributed by atoms with van der Waals surface area (Å²) in [6.45, 7) is 1.11. The molecule has 1 aromatic carbocycles. The molecule has 0 radical (unpaired) electrons. The molecule has 0 spiro atoms. The van der Waals surface area contributed by atoms with Crippen molar-refractivity contribution in [2.45, 2.75) is 25.4 Å². The van der Waals surface area contributed by atoms with Crippen LogP contribution in [0, 0.1) is 5.82 Å². The maximum Gasteiger partial charge on any atom is 0.264 e. The Morgan fingerprint density at radius 1 is 1.30 bits per heavy atom. The summed E-state index contributed by atoms with van der Waals surface area (Å²) in [4.78, 5) is 23.0. The zero-order valence-electron chi connectivity index (χ0n) is 16.5. The van der Waals surface area contributed by atoms with E-state index in [1.165, 1.54) is 25.4 Å². The number of piperidine rings is 1. The number of ether oxygens (including phenoxy) is 2. The molecule has 2 aromatic heterocycles. The minimum Gasteiger partial charge on any atom is -0.481 e. The average molecular weight is 412 g/mol. The number of carbonyl (C=O) groups excluding carboxylic acids is 1. The van der Waals surface area contributed by atoms with Crippen molar-refractivity contribution < 1.29 is 23.2 Å². The average Bonchev–Trinajstić information content (AvgIpc) is 3.27. The van der Waals surface area contributed by atoms with E-state index < -0.39 is 5.82 Å². The van der Waals surface area contributed by atoms with E-state index in [2.05, 4.69) is 15.1 Å². The summed E-state index contributed by atoms with van der Waals surface area (Å²) in [6, 6.07) is 9.49. The summed E-state index contributed by atoms with van der Waals surface area (Å²) < 4.78 is 29.3. The largest absolute Gasteiger partial charge is 0.481 e. The van der Waals surface area contributed by atoms with E-state index >= 15 is 0 Å². The van der Waals surface area contributed by atoms with Gasteiger partial charge in [-0.3, -0.25) is 4.79 Å². The molecule has 3 heterocycles. The molecule has 3 aromatic rings. The number of hydrogen-bond donors (Lipinski definition) is 0. The first-order valence-corrected chi connectivity index (χ1v) is 9.63. The maximum absolute atomic E-state index is 13.6. The molecule has 30 heavy (non-hydrogen) atoms. The third kappa shape index (κ3) is 4.40. The van der Waals surface area contributed by atoms with E-state index in [-0.39, 0.29) is 30.1 Å². The van der Waals surface area contributed by atoms with Crippen molar-refractivity contribution in [1.29, 1.82) is 0 Å². The minimum absolute atomic E-state index is 0.0270. The number of halogens is 1. The summed E-state index contributed by atoms with van der Waals surface area (Å²) in [7, 11) is 1.53. The van der Waals surface area contributed by atoms with Crippen molar-refractivity contribution in [2.24, 2.45) is 0 Å². The molecule has 8 nitrogen and oxygen atoms in total. The minimum atomic E-state index is -0.452. The molecule has 0 N–H and O–H groups in total. The number of amides is 1. The molecule has 1 unspecified atom stereocenters. The lowest BCUT2D eigenvalue weighted by molar-refractivity contribution is 0.0703. The lowest BCUT2D eigenvalue weighted by Gasteiger charge is -2.31. The van der Waals surface area contributed by atoms with Crippen LogP contribution in [0.1, 0.15) is 40.8 Å². The van der Waals surface area contributed by atoms with Gasteiger partial charge in [0.25, 0.3) is 11.8 Å². The van der Waals surface area contributed by atoms with Gasteiger partial charge in [0.15, 0.2) is 24.0 Å². The molecule has 0 aliphatic carbocycles. The maximum atomic E-state index is 13.6. The molecule has 1 amide bonds. The second kappa shape index (κ2) is 8.89. The quantitative estimate of drug-likeness (QED) is 0.614. The molecule has 156 valence electrons. The fourth-order valence-electron chi connectivity index (χ4n) is 3.38. The number of likely N-dealkylation sites (tertiary alicyclic amines) is 1. The monoisotopic (exact) mass is 412 g/mol. The van der Waals surface area contributed by atoms with Crippen LogP contribution in [0.3, 0.4) is 0 Å². The first-order chi connectivity index (χ1) is 14.6. The van der Waals surface area contributed by atoms with Gasteiger partial charge in [0, 0.05) is 31.3 Å². The van der Waals surface area contributed by atoms with Crippen LogP contribution in [0.5, 0.6) is 11.6 Å². The zero-order valence-corrected chi connectivity index (χ0v) is 16.5. The second-order valence-corrected chi connectivity index (χ2v) is 6.94. The van der Waals surface area contributed by atoms with Crippen molar-refractivity contribution >= 4 is 5.91 Å².